The number of aromatic nitrogens is 2. The van der Waals surface area contributed by atoms with Crippen molar-refractivity contribution in [3.63, 3.8) is 0 Å². The summed E-state index contributed by atoms with van der Waals surface area (Å²) in [6.45, 7) is 8.83. The third-order valence-electron chi connectivity index (χ3n) is 3.44. The average Bonchev–Trinajstić information content (AvgIpc) is 3.02. The highest BCUT2D eigenvalue weighted by Crippen LogP contribution is 2.19. The van der Waals surface area contributed by atoms with Crippen LogP contribution in [-0.4, -0.2) is 51.9 Å². The highest BCUT2D eigenvalue weighted by Gasteiger charge is 2.29. The molecular formula is C12H22N6O3. The molecule has 2 heterocycles. The molecule has 0 aromatic carbocycles. The maximum absolute atomic E-state index is 11.8. The van der Waals surface area contributed by atoms with Crippen molar-refractivity contribution >= 4 is 5.95 Å². The molecule has 0 unspecified atom stereocenters. The quantitative estimate of drug-likeness (QED) is 0.472. The highest BCUT2D eigenvalue weighted by molar-refractivity contribution is 5.29. The summed E-state index contributed by atoms with van der Waals surface area (Å²) in [5, 5.41) is 20.7. The van der Waals surface area contributed by atoms with Crippen LogP contribution in [0.5, 0.6) is 0 Å². The Morgan fingerprint density at radius 1 is 1.52 bits per heavy atom. The van der Waals surface area contributed by atoms with Crippen molar-refractivity contribution < 1.29 is 14.3 Å². The molecule has 0 spiro atoms. The summed E-state index contributed by atoms with van der Waals surface area (Å²) in [7, 11) is 1.67. The lowest BCUT2D eigenvalue weighted by atomic mass is 10.1. The molecule has 0 radical (unpaired) electrons. The van der Waals surface area contributed by atoms with Crippen LogP contribution in [0.15, 0.2) is 9.80 Å². The first-order chi connectivity index (χ1) is 9.77. The first-order valence-electron chi connectivity index (χ1n) is 6.90. The molecule has 9 nitrogen and oxygen atoms in total. The van der Waals surface area contributed by atoms with Crippen molar-refractivity contribution in [1.29, 1.82) is 0 Å². The van der Waals surface area contributed by atoms with Crippen molar-refractivity contribution in [1.82, 2.24) is 15.1 Å². The molecule has 0 bridgehead atoms. The summed E-state index contributed by atoms with van der Waals surface area (Å²) in [6, 6.07) is 0. The highest BCUT2D eigenvalue weighted by atomic mass is 16.7. The fourth-order valence-electron chi connectivity index (χ4n) is 1.83. The van der Waals surface area contributed by atoms with Crippen LogP contribution in [0.2, 0.25) is 0 Å². The van der Waals surface area contributed by atoms with E-state index in [4.69, 9.17) is 9.36 Å². The number of anilines is 1. The van der Waals surface area contributed by atoms with Gasteiger partial charge in [0.1, 0.15) is 0 Å². The monoisotopic (exact) mass is 298 g/mol. The Hall–Kier alpha value is -2.06. The topological polar surface area (TPSA) is 93.1 Å². The fraction of sp³-hybridized carbons (Fsp3) is 0.833. The third-order valence-corrected chi connectivity index (χ3v) is 3.44. The molecule has 0 amide bonds. The van der Waals surface area contributed by atoms with E-state index in [0.29, 0.717) is 23.4 Å². The first-order valence-corrected chi connectivity index (χ1v) is 6.90. The van der Waals surface area contributed by atoms with Gasteiger partial charge in [0.25, 0.3) is 5.95 Å². The molecule has 0 N–H and O–H groups in total. The van der Waals surface area contributed by atoms with Crippen molar-refractivity contribution in [2.24, 2.45) is 5.28 Å². The molecule has 9 heteroatoms. The van der Waals surface area contributed by atoms with Crippen LogP contribution in [0.25, 0.3) is 0 Å². The Kier molecular flexibility index (Phi) is 4.19. The van der Waals surface area contributed by atoms with Crippen LogP contribution in [0.1, 0.15) is 33.1 Å². The zero-order valence-electron chi connectivity index (χ0n) is 13.1. The van der Waals surface area contributed by atoms with E-state index in [-0.39, 0.29) is 11.6 Å². The minimum atomic E-state index is -0.321. The molecule has 0 aliphatic carbocycles. The minimum Gasteiger partial charge on any atom is -0.569 e. The molecule has 0 saturated carbocycles. The molecule has 1 aliphatic rings. The number of rotatable bonds is 4. The molecule has 118 valence electrons. The van der Waals surface area contributed by atoms with E-state index in [1.54, 1.807) is 14.0 Å². The summed E-state index contributed by atoms with van der Waals surface area (Å²) in [5.74, 6) is 1.07. The van der Waals surface area contributed by atoms with Gasteiger partial charge < -0.3 is 19.5 Å². The smallest absolute Gasteiger partial charge is 0.266 e. The van der Waals surface area contributed by atoms with E-state index in [0.717, 1.165) is 13.0 Å². The Morgan fingerprint density at radius 2 is 2.24 bits per heavy atom. The number of hydrazine groups is 1. The zero-order chi connectivity index (χ0) is 15.6. The van der Waals surface area contributed by atoms with Crippen molar-refractivity contribution in [3.05, 3.63) is 11.1 Å². The van der Waals surface area contributed by atoms with Crippen LogP contribution in [0.3, 0.4) is 0 Å². The van der Waals surface area contributed by atoms with Gasteiger partial charge in [-0.15, -0.1) is 5.01 Å². The predicted molar refractivity (Wildman–Crippen MR) is 74.3 cm³/mol. The Balaban J connectivity index is 1.88. The molecule has 1 aliphatic heterocycles. The molecule has 1 saturated heterocycles. The lowest BCUT2D eigenvalue weighted by Crippen LogP contribution is -2.42. The second kappa shape index (κ2) is 5.74. The van der Waals surface area contributed by atoms with E-state index in [1.165, 1.54) is 5.01 Å². The van der Waals surface area contributed by atoms with E-state index < -0.39 is 0 Å². The fourth-order valence-corrected chi connectivity index (χ4v) is 1.83. The van der Waals surface area contributed by atoms with Crippen LogP contribution in [0, 0.1) is 12.1 Å². The molecule has 1 aromatic rings. The van der Waals surface area contributed by atoms with Gasteiger partial charge in [0.2, 0.25) is 11.2 Å². The lowest BCUT2D eigenvalue weighted by Gasteiger charge is -2.26. The van der Waals surface area contributed by atoms with Crippen LogP contribution in [-0.2, 0) is 4.84 Å². The van der Waals surface area contributed by atoms with Crippen molar-refractivity contribution in [3.8, 4) is 0 Å². The van der Waals surface area contributed by atoms with Gasteiger partial charge in [-0.1, -0.05) is 0 Å². The van der Waals surface area contributed by atoms with Crippen molar-refractivity contribution in [2.45, 2.75) is 45.8 Å². The standard InChI is InChI=1S/C12H22N6O3/c1-9-13-11(14-20-9)17-7-6-10(8-17)21-15-18(19)16(5)12(2,3)4/h10H,6-8H2,1-5H3/b18-15-/t10-/m1/s1. The Morgan fingerprint density at radius 3 is 2.81 bits per heavy atom. The van der Waals surface area contributed by atoms with Gasteiger partial charge in [-0.25, -0.2) is 0 Å². The van der Waals surface area contributed by atoms with Crippen LogP contribution in [0.4, 0.5) is 5.95 Å². The van der Waals surface area contributed by atoms with E-state index in [9.17, 15) is 5.21 Å². The Bertz CT molecular complexity index is 509. The summed E-state index contributed by atoms with van der Waals surface area (Å²) in [5.41, 5.74) is -0.321. The van der Waals surface area contributed by atoms with Crippen LogP contribution >= 0.6 is 0 Å². The molecule has 1 aromatic heterocycles. The summed E-state index contributed by atoms with van der Waals surface area (Å²) in [6.07, 6.45) is 0.595. The third kappa shape index (κ3) is 3.73. The van der Waals surface area contributed by atoms with Gasteiger partial charge in [0.15, 0.2) is 6.10 Å². The molecule has 21 heavy (non-hydrogen) atoms. The molecule has 1 atom stereocenters. The summed E-state index contributed by atoms with van der Waals surface area (Å²) >= 11 is 0. The number of nitrogens with zero attached hydrogens (tertiary/aromatic N) is 6. The lowest BCUT2D eigenvalue weighted by molar-refractivity contribution is -0.720. The van der Waals surface area contributed by atoms with Gasteiger partial charge in [0, 0.05) is 19.9 Å². The van der Waals surface area contributed by atoms with Crippen molar-refractivity contribution in [2.75, 3.05) is 25.0 Å². The maximum Gasteiger partial charge on any atom is 0.266 e. The zero-order valence-corrected chi connectivity index (χ0v) is 13.1. The van der Waals surface area contributed by atoms with E-state index >= 15 is 0 Å². The number of aryl methyl sites for hydroxylation is 1. The Labute approximate surface area is 123 Å². The van der Waals surface area contributed by atoms with Gasteiger partial charge in [-0.05, 0) is 25.9 Å². The average molecular weight is 298 g/mol. The first kappa shape index (κ1) is 15.3. The van der Waals surface area contributed by atoms with Gasteiger partial charge in [-0.3, -0.25) is 0 Å². The maximum atomic E-state index is 11.8. The van der Waals surface area contributed by atoms with E-state index in [1.807, 2.05) is 25.7 Å². The molecule has 2 rings (SSSR count). The second-order valence-electron chi connectivity index (χ2n) is 6.10. The normalized spacial score (nSPS) is 20.0. The predicted octanol–water partition coefficient (Wildman–Crippen LogP) is 1.50. The van der Waals surface area contributed by atoms with E-state index in [2.05, 4.69) is 15.4 Å². The van der Waals surface area contributed by atoms with Crippen LogP contribution < -0.4 is 4.90 Å². The van der Waals surface area contributed by atoms with Gasteiger partial charge >= 0.3 is 0 Å². The van der Waals surface area contributed by atoms with Gasteiger partial charge in [0.05, 0.1) is 24.1 Å². The molecule has 1 fully saturated rings. The number of hydrogen-bond donors (Lipinski definition) is 0. The van der Waals surface area contributed by atoms with Gasteiger partial charge in [-0.2, -0.15) is 4.98 Å². The minimum absolute atomic E-state index is 0.159. The number of hydrogen-bond acceptors (Lipinski definition) is 7. The second-order valence-corrected chi connectivity index (χ2v) is 6.10. The largest absolute Gasteiger partial charge is 0.569 e. The molecular weight excluding hydrogens is 276 g/mol. The summed E-state index contributed by atoms with van der Waals surface area (Å²) < 4.78 is 4.95. The SMILES string of the molecule is Cc1nc(N2CC[C@@H](O/N=[N+](\[O-])N(C)C(C)(C)C)C2)no1. The summed E-state index contributed by atoms with van der Waals surface area (Å²) in [4.78, 5) is 11.9.